The number of anilines is 1. The summed E-state index contributed by atoms with van der Waals surface area (Å²) in [4.78, 5) is 48.2. The Hall–Kier alpha value is -4.42. The average Bonchev–Trinajstić information content (AvgIpc) is 3.51. The van der Waals surface area contributed by atoms with E-state index < -0.39 is 0 Å². The van der Waals surface area contributed by atoms with Crippen molar-refractivity contribution in [2.75, 3.05) is 70.5 Å². The maximum absolute atomic E-state index is 13.2. The molecule has 4 heterocycles. The van der Waals surface area contributed by atoms with Gasteiger partial charge in [0.15, 0.2) is 6.61 Å². The molecule has 0 saturated carbocycles. The summed E-state index contributed by atoms with van der Waals surface area (Å²) in [6, 6.07) is 15.5. The number of aryl methyl sites for hydroxylation is 1. The zero-order valence-electron chi connectivity index (χ0n) is 24.8. The van der Waals surface area contributed by atoms with Gasteiger partial charge in [-0.2, -0.15) is 0 Å². The first-order valence-electron chi connectivity index (χ1n) is 15.0. The summed E-state index contributed by atoms with van der Waals surface area (Å²) in [6.07, 6.45) is 0.780. The summed E-state index contributed by atoms with van der Waals surface area (Å²) >= 11 is 0. The number of piperazine rings is 1. The zero-order chi connectivity index (χ0) is 30.6. The van der Waals surface area contributed by atoms with Crippen LogP contribution >= 0.6 is 0 Å². The van der Waals surface area contributed by atoms with Crippen LogP contribution in [0.2, 0.25) is 0 Å². The minimum Gasteiger partial charge on any atom is -0.484 e. The Balaban J connectivity index is 1.07. The fourth-order valence-corrected chi connectivity index (χ4v) is 5.84. The number of benzene rings is 2. The minimum atomic E-state index is -0.363. The monoisotopic (exact) mass is 604 g/mol. The number of nitrogens with zero attached hydrogens (tertiary/aromatic N) is 5. The van der Waals surface area contributed by atoms with Crippen molar-refractivity contribution < 1.29 is 18.7 Å². The van der Waals surface area contributed by atoms with Gasteiger partial charge in [-0.3, -0.25) is 23.6 Å². The number of carbonyl (C=O) groups is 1. The summed E-state index contributed by atoms with van der Waals surface area (Å²) < 4.78 is 27.2. The predicted octanol–water partition coefficient (Wildman–Crippen LogP) is 2.28. The van der Waals surface area contributed by atoms with Crippen LogP contribution in [-0.2, 0) is 23.1 Å². The Morgan fingerprint density at radius 2 is 1.64 bits per heavy atom. The number of fused-ring (bicyclic) bond motifs is 1. The zero-order valence-corrected chi connectivity index (χ0v) is 24.8. The first-order valence-corrected chi connectivity index (χ1v) is 15.0. The molecule has 2 aliphatic rings. The number of halogens is 1. The number of hydrogen-bond acceptors (Lipinski definition) is 7. The molecule has 44 heavy (non-hydrogen) atoms. The van der Waals surface area contributed by atoms with Crippen molar-refractivity contribution in [3.8, 4) is 17.0 Å². The van der Waals surface area contributed by atoms with E-state index in [4.69, 9.17) is 9.47 Å². The van der Waals surface area contributed by atoms with Crippen LogP contribution in [0.3, 0.4) is 0 Å². The number of rotatable bonds is 9. The molecule has 0 radical (unpaired) electrons. The standard InChI is InChI=1S/C32H37FN6O5/c1-35-31(41)30-28(39(32(35)42)12-2-11-36-17-19-43-20-18-36)21-27(34-30)23-3-9-26(10-4-23)44-22-29(40)38-15-13-37(14-16-38)25-7-5-24(33)6-8-25/h3-10,21,34H,2,11-20,22H2,1H3. The van der Waals surface area contributed by atoms with E-state index in [9.17, 15) is 18.8 Å². The molecule has 6 rings (SSSR count). The van der Waals surface area contributed by atoms with Crippen LogP contribution in [0.1, 0.15) is 6.42 Å². The normalized spacial score (nSPS) is 16.0. The van der Waals surface area contributed by atoms with E-state index in [0.29, 0.717) is 55.2 Å². The summed E-state index contributed by atoms with van der Waals surface area (Å²) in [7, 11) is 1.50. The number of H-pyrrole nitrogens is 1. The highest BCUT2D eigenvalue weighted by atomic mass is 19.1. The van der Waals surface area contributed by atoms with Crippen LogP contribution < -0.4 is 20.9 Å². The van der Waals surface area contributed by atoms with Crippen molar-refractivity contribution in [1.82, 2.24) is 23.9 Å². The Labute approximate surface area is 254 Å². The molecule has 0 spiro atoms. The number of ether oxygens (including phenoxy) is 2. The molecule has 0 aliphatic carbocycles. The summed E-state index contributed by atoms with van der Waals surface area (Å²) in [5.74, 6) is 0.196. The van der Waals surface area contributed by atoms with Gasteiger partial charge in [0.1, 0.15) is 17.1 Å². The second-order valence-corrected chi connectivity index (χ2v) is 11.2. The topological polar surface area (TPSA) is 105 Å². The van der Waals surface area contributed by atoms with E-state index in [1.54, 1.807) is 33.7 Å². The highest BCUT2D eigenvalue weighted by Gasteiger charge is 2.22. The van der Waals surface area contributed by atoms with E-state index in [1.165, 1.54) is 19.2 Å². The van der Waals surface area contributed by atoms with Crippen molar-refractivity contribution in [2.24, 2.45) is 7.05 Å². The molecule has 12 heteroatoms. The maximum Gasteiger partial charge on any atom is 0.331 e. The molecule has 2 aromatic carbocycles. The first-order chi connectivity index (χ1) is 21.4. The van der Waals surface area contributed by atoms with Gasteiger partial charge in [-0.05, 0) is 66.6 Å². The Kier molecular flexibility index (Phi) is 8.80. The lowest BCUT2D eigenvalue weighted by Crippen LogP contribution is -2.50. The predicted molar refractivity (Wildman–Crippen MR) is 166 cm³/mol. The Morgan fingerprint density at radius 3 is 2.34 bits per heavy atom. The highest BCUT2D eigenvalue weighted by molar-refractivity contribution is 5.82. The van der Waals surface area contributed by atoms with Gasteiger partial charge in [-0.25, -0.2) is 9.18 Å². The van der Waals surface area contributed by atoms with Gasteiger partial charge < -0.3 is 24.3 Å². The van der Waals surface area contributed by atoms with Crippen LogP contribution in [0.15, 0.2) is 64.2 Å². The lowest BCUT2D eigenvalue weighted by atomic mass is 10.1. The second-order valence-electron chi connectivity index (χ2n) is 11.2. The number of nitrogens with one attached hydrogen (secondary N) is 1. The number of aromatic amines is 1. The number of aromatic nitrogens is 3. The van der Waals surface area contributed by atoms with Gasteiger partial charge in [-0.15, -0.1) is 0 Å². The third-order valence-electron chi connectivity index (χ3n) is 8.44. The smallest absolute Gasteiger partial charge is 0.331 e. The van der Waals surface area contributed by atoms with Crippen molar-refractivity contribution in [3.63, 3.8) is 0 Å². The van der Waals surface area contributed by atoms with E-state index >= 15 is 0 Å². The number of morpholine rings is 1. The molecule has 0 unspecified atom stereocenters. The van der Waals surface area contributed by atoms with E-state index in [1.807, 2.05) is 18.2 Å². The van der Waals surface area contributed by atoms with Crippen LogP contribution in [0, 0.1) is 5.82 Å². The molecule has 0 bridgehead atoms. The van der Waals surface area contributed by atoms with Gasteiger partial charge in [-0.1, -0.05) is 0 Å². The highest BCUT2D eigenvalue weighted by Crippen LogP contribution is 2.25. The van der Waals surface area contributed by atoms with Crippen molar-refractivity contribution in [1.29, 1.82) is 0 Å². The van der Waals surface area contributed by atoms with Gasteiger partial charge in [0.2, 0.25) is 0 Å². The first kappa shape index (κ1) is 29.6. The SMILES string of the molecule is Cn1c(=O)c2[nH]c(-c3ccc(OCC(=O)N4CCN(c5ccc(F)cc5)CC4)cc3)cc2n(CCCN2CCOCC2)c1=O. The average molecular weight is 605 g/mol. The van der Waals surface area contributed by atoms with E-state index in [2.05, 4.69) is 14.8 Å². The summed E-state index contributed by atoms with van der Waals surface area (Å²) in [5, 5.41) is 0. The molecule has 2 saturated heterocycles. The molecule has 1 N–H and O–H groups in total. The third-order valence-corrected chi connectivity index (χ3v) is 8.44. The van der Waals surface area contributed by atoms with Crippen LogP contribution in [0.5, 0.6) is 5.75 Å². The Morgan fingerprint density at radius 1 is 0.932 bits per heavy atom. The quantitative estimate of drug-likeness (QED) is 0.313. The van der Waals surface area contributed by atoms with Crippen molar-refractivity contribution in [2.45, 2.75) is 13.0 Å². The van der Waals surface area contributed by atoms with Gasteiger partial charge in [0.05, 0.1) is 18.7 Å². The maximum atomic E-state index is 13.2. The molecule has 2 aromatic heterocycles. The lowest BCUT2D eigenvalue weighted by molar-refractivity contribution is -0.133. The summed E-state index contributed by atoms with van der Waals surface area (Å²) in [6.45, 7) is 6.97. The van der Waals surface area contributed by atoms with E-state index in [0.717, 1.165) is 55.1 Å². The molecular formula is C32H37FN6O5. The van der Waals surface area contributed by atoms with E-state index in [-0.39, 0.29) is 29.6 Å². The summed E-state index contributed by atoms with van der Waals surface area (Å²) in [5.41, 5.74) is 2.76. The Bertz CT molecular complexity index is 1720. The van der Waals surface area contributed by atoms with Crippen molar-refractivity contribution >= 4 is 22.6 Å². The molecule has 1 amide bonds. The lowest BCUT2D eigenvalue weighted by Gasteiger charge is -2.36. The molecule has 11 nitrogen and oxygen atoms in total. The largest absolute Gasteiger partial charge is 0.484 e. The third kappa shape index (κ3) is 6.41. The molecule has 4 aromatic rings. The van der Waals surface area contributed by atoms with Crippen LogP contribution in [-0.4, -0.2) is 95.5 Å². The van der Waals surface area contributed by atoms with Crippen LogP contribution in [0.25, 0.3) is 22.3 Å². The second kappa shape index (κ2) is 13.1. The van der Waals surface area contributed by atoms with Crippen LogP contribution in [0.4, 0.5) is 10.1 Å². The molecule has 2 aliphatic heterocycles. The van der Waals surface area contributed by atoms with Crippen molar-refractivity contribution in [3.05, 3.63) is 81.3 Å². The molecule has 2 fully saturated rings. The fraction of sp³-hybridized carbons (Fsp3) is 0.406. The number of amides is 1. The number of carbonyl (C=O) groups excluding carboxylic acids is 1. The van der Waals surface area contributed by atoms with Gasteiger partial charge in [0.25, 0.3) is 11.5 Å². The van der Waals surface area contributed by atoms with Gasteiger partial charge >= 0.3 is 5.69 Å². The molecule has 0 atom stereocenters. The fourth-order valence-electron chi connectivity index (χ4n) is 5.84. The molecule has 232 valence electrons. The minimum absolute atomic E-state index is 0.0744. The number of hydrogen-bond donors (Lipinski definition) is 1. The molecular weight excluding hydrogens is 567 g/mol. The van der Waals surface area contributed by atoms with Gasteiger partial charge in [0, 0.05) is 70.8 Å².